The van der Waals surface area contributed by atoms with E-state index < -0.39 is 0 Å². The average molecular weight is 284 g/mol. The molecule has 1 N–H and O–H groups in total. The Kier molecular flexibility index (Phi) is 3.60. The molecule has 5 heteroatoms. The van der Waals surface area contributed by atoms with Crippen LogP contribution in [0.2, 0.25) is 0 Å². The molecule has 0 aliphatic carbocycles. The number of hydrogen-bond acceptors (Lipinski definition) is 5. The summed E-state index contributed by atoms with van der Waals surface area (Å²) in [4.78, 5) is 5.71. The van der Waals surface area contributed by atoms with E-state index in [0.29, 0.717) is 6.54 Å². The topological polar surface area (TPSA) is 50.7 Å². The number of hydrogen-bond donors (Lipinski definition) is 1. The van der Waals surface area contributed by atoms with E-state index in [1.54, 1.807) is 11.3 Å². The van der Waals surface area contributed by atoms with E-state index in [1.165, 1.54) is 4.88 Å². The SMILES string of the molecule is CCc1cnc(CNc2nnc(C)c3ccccc23)s1. The van der Waals surface area contributed by atoms with Crippen LogP contribution in [0.4, 0.5) is 5.82 Å². The van der Waals surface area contributed by atoms with E-state index in [1.807, 2.05) is 25.3 Å². The highest BCUT2D eigenvalue weighted by molar-refractivity contribution is 7.11. The average Bonchev–Trinajstić information content (AvgIpc) is 2.95. The summed E-state index contributed by atoms with van der Waals surface area (Å²) in [5, 5.41) is 15.1. The second-order valence-electron chi connectivity index (χ2n) is 4.61. The number of aromatic nitrogens is 3. The first-order valence-corrected chi connectivity index (χ1v) is 7.49. The van der Waals surface area contributed by atoms with E-state index in [4.69, 9.17) is 0 Å². The lowest BCUT2D eigenvalue weighted by Gasteiger charge is -2.08. The molecule has 0 unspecified atom stereocenters. The first-order valence-electron chi connectivity index (χ1n) is 6.67. The summed E-state index contributed by atoms with van der Waals surface area (Å²) in [6, 6.07) is 8.18. The van der Waals surface area contributed by atoms with Crippen molar-refractivity contribution in [1.29, 1.82) is 0 Å². The van der Waals surface area contributed by atoms with Crippen LogP contribution in [0.3, 0.4) is 0 Å². The normalized spacial score (nSPS) is 10.9. The lowest BCUT2D eigenvalue weighted by molar-refractivity contribution is 0.978. The van der Waals surface area contributed by atoms with Gasteiger partial charge in [0.05, 0.1) is 12.2 Å². The first kappa shape index (κ1) is 13.0. The minimum Gasteiger partial charge on any atom is -0.362 e. The third-order valence-electron chi connectivity index (χ3n) is 3.23. The van der Waals surface area contributed by atoms with Crippen LogP contribution < -0.4 is 5.32 Å². The highest BCUT2D eigenvalue weighted by Crippen LogP contribution is 2.23. The van der Waals surface area contributed by atoms with E-state index >= 15 is 0 Å². The van der Waals surface area contributed by atoms with E-state index in [2.05, 4.69) is 39.6 Å². The number of fused-ring (bicyclic) bond motifs is 1. The van der Waals surface area contributed by atoms with E-state index in [-0.39, 0.29) is 0 Å². The van der Waals surface area contributed by atoms with Gasteiger partial charge in [-0.15, -0.1) is 16.4 Å². The van der Waals surface area contributed by atoms with Crippen molar-refractivity contribution in [1.82, 2.24) is 15.2 Å². The molecule has 0 bridgehead atoms. The van der Waals surface area contributed by atoms with Gasteiger partial charge in [-0.3, -0.25) is 0 Å². The van der Waals surface area contributed by atoms with Crippen molar-refractivity contribution in [3.63, 3.8) is 0 Å². The largest absolute Gasteiger partial charge is 0.362 e. The Balaban J connectivity index is 1.86. The van der Waals surface area contributed by atoms with Crippen molar-refractivity contribution in [3.05, 3.63) is 46.0 Å². The Hall–Kier alpha value is -2.01. The molecule has 1 aromatic carbocycles. The molecule has 4 nitrogen and oxygen atoms in total. The van der Waals surface area contributed by atoms with Crippen LogP contribution in [-0.4, -0.2) is 15.2 Å². The third-order valence-corrected chi connectivity index (χ3v) is 4.37. The van der Waals surface area contributed by atoms with Crippen LogP contribution >= 0.6 is 11.3 Å². The highest BCUT2D eigenvalue weighted by atomic mass is 32.1. The van der Waals surface area contributed by atoms with E-state index in [0.717, 1.165) is 33.7 Å². The van der Waals surface area contributed by atoms with Crippen LogP contribution in [0.1, 0.15) is 22.5 Å². The van der Waals surface area contributed by atoms with Gasteiger partial charge in [-0.05, 0) is 13.3 Å². The maximum Gasteiger partial charge on any atom is 0.156 e. The predicted molar refractivity (Wildman–Crippen MR) is 83.1 cm³/mol. The van der Waals surface area contributed by atoms with Gasteiger partial charge in [0, 0.05) is 21.8 Å². The fraction of sp³-hybridized carbons (Fsp3) is 0.267. The van der Waals surface area contributed by atoms with Gasteiger partial charge >= 0.3 is 0 Å². The summed E-state index contributed by atoms with van der Waals surface area (Å²) in [7, 11) is 0. The molecule has 0 radical (unpaired) electrons. The molecule has 0 saturated carbocycles. The van der Waals surface area contributed by atoms with Crippen LogP contribution in [0.15, 0.2) is 30.5 Å². The lowest BCUT2D eigenvalue weighted by Crippen LogP contribution is -2.03. The summed E-state index contributed by atoms with van der Waals surface area (Å²) in [6.07, 6.45) is 2.98. The zero-order chi connectivity index (χ0) is 13.9. The molecule has 2 aromatic heterocycles. The number of anilines is 1. The van der Waals surface area contributed by atoms with Crippen molar-refractivity contribution in [2.24, 2.45) is 0 Å². The molecule has 20 heavy (non-hydrogen) atoms. The van der Waals surface area contributed by atoms with Gasteiger partial charge in [0.2, 0.25) is 0 Å². The number of aryl methyl sites for hydroxylation is 2. The maximum absolute atomic E-state index is 4.41. The molecular weight excluding hydrogens is 268 g/mol. The van der Waals surface area contributed by atoms with Crippen molar-refractivity contribution in [3.8, 4) is 0 Å². The summed E-state index contributed by atoms with van der Waals surface area (Å²) in [5.74, 6) is 0.819. The van der Waals surface area contributed by atoms with Gasteiger partial charge in [-0.2, -0.15) is 5.10 Å². The summed E-state index contributed by atoms with van der Waals surface area (Å²) >= 11 is 1.74. The smallest absolute Gasteiger partial charge is 0.156 e. The van der Waals surface area contributed by atoms with Crippen molar-refractivity contribution in [2.75, 3.05) is 5.32 Å². The Morgan fingerprint density at radius 1 is 1.15 bits per heavy atom. The third kappa shape index (κ3) is 2.49. The molecule has 0 atom stereocenters. The molecule has 3 rings (SSSR count). The zero-order valence-corrected chi connectivity index (χ0v) is 12.4. The molecule has 0 fully saturated rings. The molecule has 0 spiro atoms. The highest BCUT2D eigenvalue weighted by Gasteiger charge is 2.07. The molecule has 0 saturated heterocycles. The Labute approximate surface area is 121 Å². The standard InChI is InChI=1S/C15H16N4S/c1-3-11-8-16-14(20-11)9-17-15-13-7-5-4-6-12(13)10(2)18-19-15/h4-8H,3,9H2,1-2H3,(H,17,19). The van der Waals surface area contributed by atoms with Crippen molar-refractivity contribution >= 4 is 27.9 Å². The predicted octanol–water partition coefficient (Wildman–Crippen LogP) is 3.57. The minimum absolute atomic E-state index is 0.687. The molecule has 102 valence electrons. The first-order chi connectivity index (χ1) is 9.78. The Morgan fingerprint density at radius 2 is 1.95 bits per heavy atom. The Morgan fingerprint density at radius 3 is 2.70 bits per heavy atom. The number of nitrogens with zero attached hydrogens (tertiary/aromatic N) is 3. The Bertz CT molecular complexity index is 736. The van der Waals surface area contributed by atoms with Crippen LogP contribution in [0, 0.1) is 6.92 Å². The van der Waals surface area contributed by atoms with E-state index in [9.17, 15) is 0 Å². The second-order valence-corrected chi connectivity index (χ2v) is 5.81. The summed E-state index contributed by atoms with van der Waals surface area (Å²) in [5.41, 5.74) is 0.952. The number of rotatable bonds is 4. The number of thiazole rings is 1. The number of nitrogens with one attached hydrogen (secondary N) is 1. The van der Waals surface area contributed by atoms with Gasteiger partial charge in [0.1, 0.15) is 5.01 Å². The fourth-order valence-corrected chi connectivity index (χ4v) is 2.92. The van der Waals surface area contributed by atoms with Gasteiger partial charge in [0.15, 0.2) is 5.82 Å². The lowest BCUT2D eigenvalue weighted by atomic mass is 10.1. The van der Waals surface area contributed by atoms with Gasteiger partial charge in [0.25, 0.3) is 0 Å². The zero-order valence-electron chi connectivity index (χ0n) is 11.6. The van der Waals surface area contributed by atoms with Crippen LogP contribution in [0.5, 0.6) is 0 Å². The number of benzene rings is 1. The van der Waals surface area contributed by atoms with Crippen molar-refractivity contribution < 1.29 is 0 Å². The summed E-state index contributed by atoms with van der Waals surface area (Å²) < 4.78 is 0. The van der Waals surface area contributed by atoms with Gasteiger partial charge < -0.3 is 5.32 Å². The van der Waals surface area contributed by atoms with Crippen molar-refractivity contribution in [2.45, 2.75) is 26.8 Å². The quantitative estimate of drug-likeness (QED) is 0.795. The minimum atomic E-state index is 0.687. The molecule has 0 aliphatic rings. The molecule has 0 aliphatic heterocycles. The van der Waals surface area contributed by atoms with Gasteiger partial charge in [-0.25, -0.2) is 4.98 Å². The molecule has 2 heterocycles. The van der Waals surface area contributed by atoms with Gasteiger partial charge in [-0.1, -0.05) is 31.2 Å². The second kappa shape index (κ2) is 5.54. The molecular formula is C15H16N4S. The monoisotopic (exact) mass is 284 g/mol. The molecule has 3 aromatic rings. The maximum atomic E-state index is 4.41. The summed E-state index contributed by atoms with van der Waals surface area (Å²) in [6.45, 7) is 4.81. The van der Waals surface area contributed by atoms with Crippen LogP contribution in [0.25, 0.3) is 10.8 Å². The fourth-order valence-electron chi connectivity index (χ4n) is 2.12. The molecule has 0 amide bonds. The van der Waals surface area contributed by atoms with Crippen LogP contribution in [-0.2, 0) is 13.0 Å².